The van der Waals surface area contributed by atoms with E-state index in [-0.39, 0.29) is 12.0 Å². The monoisotopic (exact) mass is 228 g/mol. The van der Waals surface area contributed by atoms with Crippen LogP contribution < -0.4 is 0 Å². The van der Waals surface area contributed by atoms with E-state index in [0.717, 1.165) is 0 Å². The Balaban J connectivity index is 3.01. The summed E-state index contributed by atoms with van der Waals surface area (Å²) < 4.78 is 10.4. The van der Waals surface area contributed by atoms with Gasteiger partial charge in [0.05, 0.1) is 20.3 Å². The highest BCUT2D eigenvalue weighted by molar-refractivity contribution is 5.94. The van der Waals surface area contributed by atoms with Crippen molar-refractivity contribution in [2.75, 3.05) is 14.2 Å². The van der Waals surface area contributed by atoms with Crippen LogP contribution in [0.25, 0.3) is 0 Å². The van der Waals surface area contributed by atoms with E-state index in [9.17, 15) is 5.11 Å². The molecule has 1 N–H and O–H groups in total. The highest BCUT2D eigenvalue weighted by Gasteiger charge is 2.33. The van der Waals surface area contributed by atoms with Crippen LogP contribution >= 0.6 is 0 Å². The minimum atomic E-state index is -0.642. The fraction of sp³-hybridized carbons (Fsp3) is 0.818. The quantitative estimate of drug-likeness (QED) is 0.762. The van der Waals surface area contributed by atoms with Crippen LogP contribution in [0.2, 0.25) is 0 Å². The van der Waals surface area contributed by atoms with Crippen molar-refractivity contribution in [3.05, 3.63) is 0 Å². The van der Waals surface area contributed by atoms with Gasteiger partial charge in [-0.2, -0.15) is 0 Å². The molecular weight excluding hydrogens is 208 g/mol. The molecule has 0 fully saturated rings. The van der Waals surface area contributed by atoms with Gasteiger partial charge in [0.25, 0.3) is 0 Å². The van der Waals surface area contributed by atoms with E-state index in [1.54, 1.807) is 21.1 Å². The van der Waals surface area contributed by atoms with Gasteiger partial charge in [0.2, 0.25) is 11.8 Å². The van der Waals surface area contributed by atoms with Crippen molar-refractivity contribution < 1.29 is 14.6 Å². The molecule has 16 heavy (non-hydrogen) atoms. The van der Waals surface area contributed by atoms with Crippen molar-refractivity contribution >= 4 is 11.8 Å². The van der Waals surface area contributed by atoms with Gasteiger partial charge in [0.1, 0.15) is 6.04 Å². The number of methoxy groups -OCH3 is 2. The van der Waals surface area contributed by atoms with Crippen molar-refractivity contribution in [1.82, 2.24) is 0 Å². The van der Waals surface area contributed by atoms with E-state index >= 15 is 0 Å². The molecule has 0 aromatic heterocycles. The lowest BCUT2D eigenvalue weighted by Crippen LogP contribution is -2.41. The molecule has 0 radical (unpaired) electrons. The molecule has 1 heterocycles. The zero-order valence-electron chi connectivity index (χ0n) is 10.5. The summed E-state index contributed by atoms with van der Waals surface area (Å²) in [6.45, 7) is 5.74. The molecule has 0 aliphatic carbocycles. The lowest BCUT2D eigenvalue weighted by molar-refractivity contribution is 0.171. The Morgan fingerprint density at radius 1 is 1.00 bits per heavy atom. The first kappa shape index (κ1) is 13.0. The third-order valence-corrected chi connectivity index (χ3v) is 2.55. The van der Waals surface area contributed by atoms with Crippen LogP contribution in [0.4, 0.5) is 0 Å². The van der Waals surface area contributed by atoms with E-state index in [4.69, 9.17) is 9.47 Å². The molecule has 0 aromatic carbocycles. The smallest absolute Gasteiger partial charge is 0.212 e. The minimum Gasteiger partial charge on any atom is -0.483 e. The molecule has 0 aromatic rings. The van der Waals surface area contributed by atoms with E-state index in [2.05, 4.69) is 9.98 Å². The summed E-state index contributed by atoms with van der Waals surface area (Å²) in [6, 6.07) is -0.593. The summed E-state index contributed by atoms with van der Waals surface area (Å²) in [5.41, 5.74) is 0. The molecule has 0 spiro atoms. The first-order valence-corrected chi connectivity index (χ1v) is 5.42. The maximum absolute atomic E-state index is 9.59. The molecule has 0 amide bonds. The molecule has 92 valence electrons. The van der Waals surface area contributed by atoms with Crippen molar-refractivity contribution in [3.63, 3.8) is 0 Å². The Morgan fingerprint density at radius 3 is 1.81 bits per heavy atom. The van der Waals surface area contributed by atoms with Gasteiger partial charge in [0.15, 0.2) is 6.04 Å². The summed E-state index contributed by atoms with van der Waals surface area (Å²) in [5, 5.41) is 9.59. The molecule has 0 bridgehead atoms. The van der Waals surface area contributed by atoms with Crippen molar-refractivity contribution in [3.8, 4) is 0 Å². The van der Waals surface area contributed by atoms with Crippen molar-refractivity contribution in [2.24, 2.45) is 15.9 Å². The van der Waals surface area contributed by atoms with Crippen LogP contribution in [0, 0.1) is 5.92 Å². The Morgan fingerprint density at radius 2 is 1.44 bits per heavy atom. The molecule has 1 aliphatic heterocycles. The van der Waals surface area contributed by atoms with E-state index in [1.165, 1.54) is 0 Å². The Hall–Kier alpha value is -1.10. The second-order valence-electron chi connectivity index (χ2n) is 4.22. The molecular formula is C11H20N2O3. The standard InChI is InChI=1S/C11H20N2O3/c1-6(2)8-10(15-4)13-9(7(3)14)11(12-8)16-5/h6-9,14H,1-5H3/t7-,8-,9+/m0/s1. The Bertz CT molecular complexity index is 268. The summed E-state index contributed by atoms with van der Waals surface area (Å²) in [6.07, 6.45) is -0.642. The SMILES string of the molecule is COC1=N[C@H]([C@H](C)O)C(OC)=N[C@H]1C(C)C. The Labute approximate surface area is 96.2 Å². The number of ether oxygens (including phenoxy) is 2. The van der Waals surface area contributed by atoms with Crippen LogP contribution in [0.5, 0.6) is 0 Å². The van der Waals surface area contributed by atoms with Gasteiger partial charge < -0.3 is 14.6 Å². The number of hydrogen-bond acceptors (Lipinski definition) is 5. The third kappa shape index (κ3) is 2.52. The molecule has 5 nitrogen and oxygen atoms in total. The predicted octanol–water partition coefficient (Wildman–Crippen LogP) is 0.864. The lowest BCUT2D eigenvalue weighted by atomic mass is 10.0. The zero-order chi connectivity index (χ0) is 12.3. The van der Waals surface area contributed by atoms with Crippen molar-refractivity contribution in [2.45, 2.75) is 39.0 Å². The minimum absolute atomic E-state index is 0.130. The first-order valence-electron chi connectivity index (χ1n) is 5.42. The lowest BCUT2D eigenvalue weighted by Gasteiger charge is -2.28. The molecule has 0 saturated carbocycles. The van der Waals surface area contributed by atoms with E-state index < -0.39 is 12.1 Å². The maximum Gasteiger partial charge on any atom is 0.212 e. The molecule has 0 saturated heterocycles. The second-order valence-corrected chi connectivity index (χ2v) is 4.22. The maximum atomic E-state index is 9.59. The van der Waals surface area contributed by atoms with E-state index in [0.29, 0.717) is 11.8 Å². The van der Waals surface area contributed by atoms with Crippen LogP contribution in [0.3, 0.4) is 0 Å². The van der Waals surface area contributed by atoms with Gasteiger partial charge in [-0.25, -0.2) is 9.98 Å². The van der Waals surface area contributed by atoms with Crippen LogP contribution in [0.1, 0.15) is 20.8 Å². The fourth-order valence-corrected chi connectivity index (χ4v) is 1.63. The van der Waals surface area contributed by atoms with E-state index in [1.807, 2.05) is 13.8 Å². The Kier molecular flexibility index (Phi) is 4.29. The van der Waals surface area contributed by atoms with Crippen LogP contribution in [-0.2, 0) is 9.47 Å². The van der Waals surface area contributed by atoms with Gasteiger partial charge in [-0.05, 0) is 12.8 Å². The first-order chi connectivity index (χ1) is 7.51. The zero-order valence-corrected chi connectivity index (χ0v) is 10.5. The van der Waals surface area contributed by atoms with Gasteiger partial charge in [-0.1, -0.05) is 13.8 Å². The molecule has 1 rings (SSSR count). The summed E-state index contributed by atoms with van der Waals surface area (Å²) in [4.78, 5) is 8.78. The van der Waals surface area contributed by atoms with Crippen LogP contribution in [0.15, 0.2) is 9.98 Å². The highest BCUT2D eigenvalue weighted by Crippen LogP contribution is 2.18. The normalized spacial score (nSPS) is 27.2. The number of aliphatic hydroxyl groups excluding tert-OH is 1. The predicted molar refractivity (Wildman–Crippen MR) is 63.0 cm³/mol. The fourth-order valence-electron chi connectivity index (χ4n) is 1.63. The number of aliphatic hydroxyl groups is 1. The summed E-state index contributed by atoms with van der Waals surface area (Å²) >= 11 is 0. The van der Waals surface area contributed by atoms with Gasteiger partial charge in [-0.3, -0.25) is 0 Å². The molecule has 5 heteroatoms. The molecule has 1 aliphatic rings. The number of hydrogen-bond donors (Lipinski definition) is 1. The van der Waals surface area contributed by atoms with Gasteiger partial charge in [0, 0.05) is 0 Å². The van der Waals surface area contributed by atoms with Gasteiger partial charge in [-0.15, -0.1) is 0 Å². The van der Waals surface area contributed by atoms with Crippen LogP contribution in [-0.4, -0.2) is 49.3 Å². The van der Waals surface area contributed by atoms with Gasteiger partial charge >= 0.3 is 0 Å². The highest BCUT2D eigenvalue weighted by atomic mass is 16.5. The number of rotatable bonds is 2. The topological polar surface area (TPSA) is 63.4 Å². The second kappa shape index (κ2) is 5.30. The largest absolute Gasteiger partial charge is 0.483 e. The number of nitrogens with zero attached hydrogens (tertiary/aromatic N) is 2. The average Bonchev–Trinajstić information content (AvgIpc) is 2.26. The van der Waals surface area contributed by atoms with Crippen molar-refractivity contribution in [1.29, 1.82) is 0 Å². The molecule has 0 unspecified atom stereocenters. The third-order valence-electron chi connectivity index (χ3n) is 2.55. The molecule has 3 atom stereocenters. The summed E-state index contributed by atoms with van der Waals surface area (Å²) in [5.74, 6) is 1.30. The summed E-state index contributed by atoms with van der Waals surface area (Å²) in [7, 11) is 3.11. The number of aliphatic imine (C=N–C) groups is 2. The average molecular weight is 228 g/mol.